The SMILES string of the molecule is CC(=O)c1ccc(-c2ccc(Nc3cccc(N(C)C)c3)nc2)cc1. The smallest absolute Gasteiger partial charge is 0.159 e. The Kier molecular flexibility index (Phi) is 4.80. The van der Waals surface area contributed by atoms with Crippen LogP contribution in [0.1, 0.15) is 17.3 Å². The molecular weight excluding hydrogens is 310 g/mol. The summed E-state index contributed by atoms with van der Waals surface area (Å²) in [6.45, 7) is 1.57. The Morgan fingerprint density at radius 3 is 2.28 bits per heavy atom. The van der Waals surface area contributed by atoms with E-state index in [1.54, 1.807) is 6.92 Å². The zero-order chi connectivity index (χ0) is 17.8. The normalized spacial score (nSPS) is 10.4. The minimum Gasteiger partial charge on any atom is -0.378 e. The molecule has 0 aliphatic rings. The Labute approximate surface area is 148 Å². The molecule has 0 bridgehead atoms. The molecule has 2 aromatic carbocycles. The Morgan fingerprint density at radius 2 is 1.68 bits per heavy atom. The number of nitrogens with zero attached hydrogens (tertiary/aromatic N) is 2. The average molecular weight is 331 g/mol. The molecular formula is C21H21N3O. The third-order valence-electron chi connectivity index (χ3n) is 4.02. The summed E-state index contributed by atoms with van der Waals surface area (Å²) in [6.07, 6.45) is 1.83. The summed E-state index contributed by atoms with van der Waals surface area (Å²) < 4.78 is 0. The lowest BCUT2D eigenvalue weighted by molar-refractivity contribution is 0.101. The lowest BCUT2D eigenvalue weighted by Gasteiger charge is -2.14. The van der Waals surface area contributed by atoms with Crippen LogP contribution in [0, 0.1) is 0 Å². The van der Waals surface area contributed by atoms with Crippen LogP contribution in [0.5, 0.6) is 0 Å². The van der Waals surface area contributed by atoms with Crippen LogP contribution in [0.25, 0.3) is 11.1 Å². The summed E-state index contributed by atoms with van der Waals surface area (Å²) in [4.78, 5) is 17.9. The fourth-order valence-electron chi connectivity index (χ4n) is 2.55. The summed E-state index contributed by atoms with van der Waals surface area (Å²) in [7, 11) is 4.03. The van der Waals surface area contributed by atoms with Gasteiger partial charge in [-0.05, 0) is 42.8 Å². The quantitative estimate of drug-likeness (QED) is 0.685. The van der Waals surface area contributed by atoms with Crippen LogP contribution >= 0.6 is 0 Å². The highest BCUT2D eigenvalue weighted by Crippen LogP contribution is 2.23. The first-order valence-electron chi connectivity index (χ1n) is 8.15. The number of ketones is 1. The van der Waals surface area contributed by atoms with Crippen molar-refractivity contribution in [1.29, 1.82) is 0 Å². The molecule has 0 saturated carbocycles. The van der Waals surface area contributed by atoms with Gasteiger partial charge in [-0.15, -0.1) is 0 Å². The molecule has 0 aliphatic heterocycles. The van der Waals surface area contributed by atoms with Gasteiger partial charge in [0.1, 0.15) is 5.82 Å². The summed E-state index contributed by atoms with van der Waals surface area (Å²) in [6, 6.07) is 19.7. The molecule has 0 saturated heterocycles. The van der Waals surface area contributed by atoms with Crippen molar-refractivity contribution in [3.63, 3.8) is 0 Å². The van der Waals surface area contributed by atoms with Crippen LogP contribution in [0.15, 0.2) is 66.9 Å². The summed E-state index contributed by atoms with van der Waals surface area (Å²) in [5.74, 6) is 0.865. The number of hydrogen-bond donors (Lipinski definition) is 1. The maximum Gasteiger partial charge on any atom is 0.159 e. The van der Waals surface area contributed by atoms with Gasteiger partial charge < -0.3 is 10.2 Å². The molecule has 126 valence electrons. The molecule has 0 radical (unpaired) electrons. The van der Waals surface area contributed by atoms with Crippen molar-refractivity contribution in [2.75, 3.05) is 24.3 Å². The van der Waals surface area contributed by atoms with Gasteiger partial charge in [0, 0.05) is 42.8 Å². The maximum absolute atomic E-state index is 11.4. The topological polar surface area (TPSA) is 45.2 Å². The first-order valence-corrected chi connectivity index (χ1v) is 8.15. The number of Topliss-reactive ketones (excluding diaryl/α,β-unsaturated/α-hetero) is 1. The van der Waals surface area contributed by atoms with Crippen molar-refractivity contribution < 1.29 is 4.79 Å². The number of rotatable bonds is 5. The average Bonchev–Trinajstić information content (AvgIpc) is 2.63. The Morgan fingerprint density at radius 1 is 0.960 bits per heavy atom. The summed E-state index contributed by atoms with van der Waals surface area (Å²) in [5.41, 5.74) is 4.90. The second-order valence-electron chi connectivity index (χ2n) is 6.14. The molecule has 1 heterocycles. The van der Waals surface area contributed by atoms with Gasteiger partial charge in [0.2, 0.25) is 0 Å². The van der Waals surface area contributed by atoms with Gasteiger partial charge in [0.25, 0.3) is 0 Å². The van der Waals surface area contributed by atoms with Crippen LogP contribution in [-0.4, -0.2) is 24.9 Å². The van der Waals surface area contributed by atoms with Gasteiger partial charge in [0.15, 0.2) is 5.78 Å². The van der Waals surface area contributed by atoms with Crippen molar-refractivity contribution in [1.82, 2.24) is 4.98 Å². The highest BCUT2D eigenvalue weighted by atomic mass is 16.1. The Hall–Kier alpha value is -3.14. The van der Waals surface area contributed by atoms with Gasteiger partial charge >= 0.3 is 0 Å². The van der Waals surface area contributed by atoms with E-state index in [2.05, 4.69) is 27.3 Å². The number of pyridine rings is 1. The van der Waals surface area contributed by atoms with Crippen LogP contribution in [0.3, 0.4) is 0 Å². The van der Waals surface area contributed by atoms with Crippen LogP contribution in [-0.2, 0) is 0 Å². The molecule has 0 spiro atoms. The zero-order valence-corrected chi connectivity index (χ0v) is 14.7. The fraction of sp³-hybridized carbons (Fsp3) is 0.143. The van der Waals surface area contributed by atoms with Crippen LogP contribution in [0.4, 0.5) is 17.2 Å². The molecule has 3 aromatic rings. The molecule has 0 unspecified atom stereocenters. The van der Waals surface area contributed by atoms with Crippen molar-refractivity contribution in [2.45, 2.75) is 6.92 Å². The molecule has 0 atom stereocenters. The minimum absolute atomic E-state index is 0.0733. The fourth-order valence-corrected chi connectivity index (χ4v) is 2.55. The number of nitrogens with one attached hydrogen (secondary N) is 1. The first-order chi connectivity index (χ1) is 12.0. The van der Waals surface area contributed by atoms with E-state index in [0.29, 0.717) is 0 Å². The number of aromatic nitrogens is 1. The molecule has 0 aliphatic carbocycles. The highest BCUT2D eigenvalue weighted by molar-refractivity contribution is 5.94. The van der Waals surface area contributed by atoms with E-state index in [4.69, 9.17) is 0 Å². The first kappa shape index (κ1) is 16.7. The van der Waals surface area contributed by atoms with Crippen molar-refractivity contribution in [3.05, 3.63) is 72.4 Å². The second kappa shape index (κ2) is 7.18. The number of benzene rings is 2. The molecule has 3 rings (SSSR count). The van der Waals surface area contributed by atoms with Gasteiger partial charge in [-0.3, -0.25) is 4.79 Å². The van der Waals surface area contributed by atoms with Gasteiger partial charge in [0.05, 0.1) is 0 Å². The predicted octanol–water partition coefficient (Wildman–Crippen LogP) is 4.76. The Bertz CT molecular complexity index is 868. The third-order valence-corrected chi connectivity index (χ3v) is 4.02. The van der Waals surface area contributed by atoms with Crippen LogP contribution < -0.4 is 10.2 Å². The number of carbonyl (C=O) groups excluding carboxylic acids is 1. The number of hydrogen-bond acceptors (Lipinski definition) is 4. The maximum atomic E-state index is 11.4. The number of anilines is 3. The van der Waals surface area contributed by atoms with Gasteiger partial charge in [-0.2, -0.15) is 0 Å². The van der Waals surface area contributed by atoms with E-state index >= 15 is 0 Å². The van der Waals surface area contributed by atoms with E-state index in [0.717, 1.165) is 33.9 Å². The predicted molar refractivity (Wildman–Crippen MR) is 104 cm³/mol. The van der Waals surface area contributed by atoms with E-state index in [-0.39, 0.29) is 5.78 Å². The second-order valence-corrected chi connectivity index (χ2v) is 6.14. The molecule has 0 amide bonds. The van der Waals surface area contributed by atoms with Gasteiger partial charge in [-0.1, -0.05) is 30.3 Å². The molecule has 0 fully saturated rings. The molecule has 4 heteroatoms. The van der Waals surface area contributed by atoms with Crippen molar-refractivity contribution >= 4 is 23.0 Å². The van der Waals surface area contributed by atoms with Crippen molar-refractivity contribution in [2.24, 2.45) is 0 Å². The summed E-state index contributed by atoms with van der Waals surface area (Å²) >= 11 is 0. The minimum atomic E-state index is 0.0733. The number of carbonyl (C=O) groups is 1. The highest BCUT2D eigenvalue weighted by Gasteiger charge is 2.03. The van der Waals surface area contributed by atoms with E-state index in [1.807, 2.05) is 68.8 Å². The third kappa shape index (κ3) is 4.04. The van der Waals surface area contributed by atoms with Gasteiger partial charge in [-0.25, -0.2) is 4.98 Å². The lowest BCUT2D eigenvalue weighted by atomic mass is 10.0. The van der Waals surface area contributed by atoms with E-state index in [9.17, 15) is 4.79 Å². The molecule has 25 heavy (non-hydrogen) atoms. The molecule has 1 N–H and O–H groups in total. The van der Waals surface area contributed by atoms with E-state index < -0.39 is 0 Å². The van der Waals surface area contributed by atoms with Crippen molar-refractivity contribution in [3.8, 4) is 11.1 Å². The summed E-state index contributed by atoms with van der Waals surface area (Å²) in [5, 5.41) is 3.32. The lowest BCUT2D eigenvalue weighted by Crippen LogP contribution is -2.08. The molecule has 4 nitrogen and oxygen atoms in total. The van der Waals surface area contributed by atoms with E-state index in [1.165, 1.54) is 0 Å². The van der Waals surface area contributed by atoms with Crippen LogP contribution in [0.2, 0.25) is 0 Å². The zero-order valence-electron chi connectivity index (χ0n) is 14.7. The standard InChI is InChI=1S/C21H21N3O/c1-15(25)16-7-9-17(10-8-16)18-11-12-21(22-14-18)23-19-5-4-6-20(13-19)24(2)3/h4-14H,1-3H3,(H,22,23). The molecule has 1 aromatic heterocycles. The largest absolute Gasteiger partial charge is 0.378 e. The monoisotopic (exact) mass is 331 g/mol. The Balaban J connectivity index is 1.76.